The molecule has 0 saturated heterocycles. The minimum Gasteiger partial charge on any atom is -0.395 e. The van der Waals surface area contributed by atoms with Crippen molar-refractivity contribution in [3.63, 3.8) is 0 Å². The van der Waals surface area contributed by atoms with Crippen LogP contribution < -0.4 is 5.32 Å². The molecule has 0 aromatic heterocycles. The Kier molecular flexibility index (Phi) is 7.81. The molecule has 0 heterocycles. The summed E-state index contributed by atoms with van der Waals surface area (Å²) in [5.74, 6) is -0.0194. The quantitative estimate of drug-likeness (QED) is 0.629. The molecular weight excluding hydrogens is 244 g/mol. The summed E-state index contributed by atoms with van der Waals surface area (Å²) in [6, 6.07) is 9.75. The summed E-state index contributed by atoms with van der Waals surface area (Å²) in [6.07, 6.45) is 0. The SMILES string of the molecule is COCCNCC(=O)N(CCO)Cc1ccccc1. The fourth-order valence-electron chi connectivity index (χ4n) is 1.70. The molecule has 2 N–H and O–H groups in total. The highest BCUT2D eigenvalue weighted by molar-refractivity contribution is 5.78. The van der Waals surface area contributed by atoms with Crippen molar-refractivity contribution in [2.75, 3.05) is 40.0 Å². The zero-order chi connectivity index (χ0) is 13.9. The second-order valence-corrected chi connectivity index (χ2v) is 4.19. The van der Waals surface area contributed by atoms with E-state index in [1.807, 2.05) is 30.3 Å². The highest BCUT2D eigenvalue weighted by Crippen LogP contribution is 2.04. The molecule has 0 aliphatic heterocycles. The van der Waals surface area contributed by atoms with Gasteiger partial charge in [0.2, 0.25) is 5.91 Å². The van der Waals surface area contributed by atoms with E-state index < -0.39 is 0 Å². The predicted molar refractivity (Wildman–Crippen MR) is 73.7 cm³/mol. The van der Waals surface area contributed by atoms with Gasteiger partial charge in [-0.1, -0.05) is 30.3 Å². The van der Waals surface area contributed by atoms with Crippen LogP contribution in [0.1, 0.15) is 5.56 Å². The predicted octanol–water partition coefficient (Wildman–Crippen LogP) is 0.244. The monoisotopic (exact) mass is 266 g/mol. The highest BCUT2D eigenvalue weighted by Gasteiger charge is 2.12. The van der Waals surface area contributed by atoms with E-state index >= 15 is 0 Å². The minimum absolute atomic E-state index is 0.0194. The molecule has 106 valence electrons. The van der Waals surface area contributed by atoms with Gasteiger partial charge in [0.15, 0.2) is 0 Å². The van der Waals surface area contributed by atoms with E-state index in [1.165, 1.54) is 0 Å². The summed E-state index contributed by atoms with van der Waals surface area (Å²) in [5.41, 5.74) is 1.06. The molecule has 5 nitrogen and oxygen atoms in total. The number of ether oxygens (including phenoxy) is 1. The fraction of sp³-hybridized carbons (Fsp3) is 0.500. The second kappa shape index (κ2) is 9.49. The number of carbonyl (C=O) groups excluding carboxylic acids is 1. The fourth-order valence-corrected chi connectivity index (χ4v) is 1.70. The van der Waals surface area contributed by atoms with E-state index in [4.69, 9.17) is 9.84 Å². The number of aliphatic hydroxyl groups excluding tert-OH is 1. The lowest BCUT2D eigenvalue weighted by molar-refractivity contribution is -0.131. The van der Waals surface area contributed by atoms with Gasteiger partial charge < -0.3 is 20.1 Å². The van der Waals surface area contributed by atoms with Crippen molar-refractivity contribution in [3.8, 4) is 0 Å². The van der Waals surface area contributed by atoms with Gasteiger partial charge in [-0.15, -0.1) is 0 Å². The first-order valence-electron chi connectivity index (χ1n) is 6.40. The van der Waals surface area contributed by atoms with Crippen LogP contribution in [0.3, 0.4) is 0 Å². The Morgan fingerprint density at radius 1 is 1.37 bits per heavy atom. The van der Waals surface area contributed by atoms with Crippen molar-refractivity contribution in [2.24, 2.45) is 0 Å². The summed E-state index contributed by atoms with van der Waals surface area (Å²) < 4.78 is 4.90. The molecule has 0 aliphatic carbocycles. The zero-order valence-corrected chi connectivity index (χ0v) is 11.3. The van der Waals surface area contributed by atoms with Crippen molar-refractivity contribution in [3.05, 3.63) is 35.9 Å². The average Bonchev–Trinajstić information content (AvgIpc) is 2.44. The Morgan fingerprint density at radius 3 is 2.74 bits per heavy atom. The lowest BCUT2D eigenvalue weighted by Crippen LogP contribution is -2.40. The normalized spacial score (nSPS) is 10.4. The number of rotatable bonds is 9. The Bertz CT molecular complexity index is 357. The number of carbonyl (C=O) groups is 1. The van der Waals surface area contributed by atoms with Crippen LogP contribution in [-0.2, 0) is 16.1 Å². The number of nitrogens with one attached hydrogen (secondary N) is 1. The van der Waals surface area contributed by atoms with Gasteiger partial charge in [0.1, 0.15) is 0 Å². The second-order valence-electron chi connectivity index (χ2n) is 4.19. The zero-order valence-electron chi connectivity index (χ0n) is 11.3. The van der Waals surface area contributed by atoms with Crippen molar-refractivity contribution < 1.29 is 14.6 Å². The van der Waals surface area contributed by atoms with E-state index in [9.17, 15) is 4.79 Å². The smallest absolute Gasteiger partial charge is 0.236 e. The molecule has 19 heavy (non-hydrogen) atoms. The summed E-state index contributed by atoms with van der Waals surface area (Å²) in [4.78, 5) is 13.7. The number of nitrogens with zero attached hydrogens (tertiary/aromatic N) is 1. The molecule has 0 unspecified atom stereocenters. The van der Waals surface area contributed by atoms with Crippen LogP contribution in [0, 0.1) is 0 Å². The van der Waals surface area contributed by atoms with Gasteiger partial charge >= 0.3 is 0 Å². The molecule has 0 radical (unpaired) electrons. The van der Waals surface area contributed by atoms with Gasteiger partial charge in [0.05, 0.1) is 19.8 Å². The Hall–Kier alpha value is -1.43. The van der Waals surface area contributed by atoms with Gasteiger partial charge in [-0.2, -0.15) is 0 Å². The molecule has 0 atom stereocenters. The van der Waals surface area contributed by atoms with Crippen LogP contribution in [-0.4, -0.2) is 55.9 Å². The number of hydrogen-bond acceptors (Lipinski definition) is 4. The molecular formula is C14H22N2O3. The lowest BCUT2D eigenvalue weighted by Gasteiger charge is -2.22. The standard InChI is InChI=1S/C14H22N2O3/c1-19-10-7-15-11-14(18)16(8-9-17)12-13-5-3-2-4-6-13/h2-6,15,17H,7-12H2,1H3. The minimum atomic E-state index is -0.0311. The maximum absolute atomic E-state index is 12.0. The summed E-state index contributed by atoms with van der Waals surface area (Å²) in [5, 5.41) is 12.1. The maximum atomic E-state index is 12.0. The van der Waals surface area contributed by atoms with Crippen LogP contribution in [0.15, 0.2) is 30.3 Å². The first-order chi connectivity index (χ1) is 9.27. The molecule has 0 fully saturated rings. The molecule has 1 amide bonds. The van der Waals surface area contributed by atoms with E-state index in [-0.39, 0.29) is 19.1 Å². The Balaban J connectivity index is 2.44. The van der Waals surface area contributed by atoms with Gasteiger partial charge in [0, 0.05) is 26.7 Å². The van der Waals surface area contributed by atoms with Gasteiger partial charge in [-0.3, -0.25) is 4.79 Å². The van der Waals surface area contributed by atoms with Crippen molar-refractivity contribution >= 4 is 5.91 Å². The average molecular weight is 266 g/mol. The first kappa shape index (κ1) is 15.6. The molecule has 5 heteroatoms. The highest BCUT2D eigenvalue weighted by atomic mass is 16.5. The van der Waals surface area contributed by atoms with E-state index in [0.29, 0.717) is 26.2 Å². The van der Waals surface area contributed by atoms with Crippen molar-refractivity contribution in [1.29, 1.82) is 0 Å². The number of methoxy groups -OCH3 is 1. The van der Waals surface area contributed by atoms with Crippen LogP contribution >= 0.6 is 0 Å². The van der Waals surface area contributed by atoms with Crippen LogP contribution in [0.2, 0.25) is 0 Å². The third-order valence-electron chi connectivity index (χ3n) is 2.70. The third-order valence-corrected chi connectivity index (χ3v) is 2.70. The molecule has 0 saturated carbocycles. The van der Waals surface area contributed by atoms with E-state index in [1.54, 1.807) is 12.0 Å². The Labute approximate surface area is 114 Å². The molecule has 1 rings (SSSR count). The topological polar surface area (TPSA) is 61.8 Å². The summed E-state index contributed by atoms with van der Waals surface area (Å²) in [7, 11) is 1.62. The van der Waals surface area contributed by atoms with E-state index in [2.05, 4.69) is 5.32 Å². The van der Waals surface area contributed by atoms with Gasteiger partial charge in [-0.25, -0.2) is 0 Å². The number of aliphatic hydroxyl groups is 1. The van der Waals surface area contributed by atoms with Crippen LogP contribution in [0.4, 0.5) is 0 Å². The Morgan fingerprint density at radius 2 is 2.11 bits per heavy atom. The molecule has 0 bridgehead atoms. The van der Waals surface area contributed by atoms with Gasteiger partial charge in [0.25, 0.3) is 0 Å². The molecule has 0 spiro atoms. The number of amides is 1. The van der Waals surface area contributed by atoms with Crippen molar-refractivity contribution in [1.82, 2.24) is 10.2 Å². The summed E-state index contributed by atoms with van der Waals surface area (Å²) in [6.45, 7) is 2.31. The summed E-state index contributed by atoms with van der Waals surface area (Å²) >= 11 is 0. The van der Waals surface area contributed by atoms with Gasteiger partial charge in [-0.05, 0) is 5.56 Å². The van der Waals surface area contributed by atoms with Crippen molar-refractivity contribution in [2.45, 2.75) is 6.54 Å². The van der Waals surface area contributed by atoms with Crippen LogP contribution in [0.5, 0.6) is 0 Å². The first-order valence-corrected chi connectivity index (χ1v) is 6.40. The van der Waals surface area contributed by atoms with Crippen LogP contribution in [0.25, 0.3) is 0 Å². The van der Waals surface area contributed by atoms with E-state index in [0.717, 1.165) is 5.56 Å². The number of hydrogen-bond donors (Lipinski definition) is 2. The lowest BCUT2D eigenvalue weighted by atomic mass is 10.2. The molecule has 1 aromatic rings. The molecule has 0 aliphatic rings. The maximum Gasteiger partial charge on any atom is 0.236 e. The molecule has 1 aromatic carbocycles. The number of benzene rings is 1. The largest absolute Gasteiger partial charge is 0.395 e. The third kappa shape index (κ3) is 6.33.